The van der Waals surface area contributed by atoms with Crippen molar-refractivity contribution >= 4 is 23.8 Å². The van der Waals surface area contributed by atoms with Crippen molar-refractivity contribution in [1.82, 2.24) is 5.01 Å². The maximum absolute atomic E-state index is 12.9. The Balaban J connectivity index is 1.25. The molecule has 0 radical (unpaired) electrons. The number of ether oxygens (including phenoxy) is 2. The second kappa shape index (κ2) is 14.7. The minimum Gasteiger partial charge on any atom is -0.466 e. The summed E-state index contributed by atoms with van der Waals surface area (Å²) >= 11 is 0. The molecule has 1 fully saturated rings. The molecule has 1 heterocycles. The van der Waals surface area contributed by atoms with Gasteiger partial charge in [0.2, 0.25) is 0 Å². The molecule has 4 rings (SSSR count). The van der Waals surface area contributed by atoms with E-state index in [9.17, 15) is 9.59 Å². The van der Waals surface area contributed by atoms with Gasteiger partial charge in [0.15, 0.2) is 0 Å². The van der Waals surface area contributed by atoms with E-state index < -0.39 is 0 Å². The fourth-order valence-electron chi connectivity index (χ4n) is 5.01. The molecule has 1 saturated heterocycles. The predicted molar refractivity (Wildman–Crippen MR) is 151 cm³/mol. The second-order valence-electron chi connectivity index (χ2n) is 10.3. The predicted octanol–water partition coefficient (Wildman–Crippen LogP) is 5.61. The van der Waals surface area contributed by atoms with Crippen molar-refractivity contribution in [3.05, 3.63) is 64.7 Å². The van der Waals surface area contributed by atoms with Gasteiger partial charge in [0.1, 0.15) is 0 Å². The van der Waals surface area contributed by atoms with Crippen LogP contribution in [0.25, 0.3) is 0 Å². The third-order valence-corrected chi connectivity index (χ3v) is 7.29. The van der Waals surface area contributed by atoms with Crippen LogP contribution in [0.1, 0.15) is 78.9 Å². The van der Waals surface area contributed by atoms with Gasteiger partial charge in [0.05, 0.1) is 39.1 Å². The molecule has 1 N–H and O–H groups in total. The first-order chi connectivity index (χ1) is 18.6. The van der Waals surface area contributed by atoms with Crippen molar-refractivity contribution in [3.8, 4) is 0 Å². The van der Waals surface area contributed by atoms with Gasteiger partial charge in [0, 0.05) is 17.7 Å². The normalized spacial score (nSPS) is 17.3. The van der Waals surface area contributed by atoms with Gasteiger partial charge in [-0.15, -0.1) is 0 Å². The lowest BCUT2D eigenvalue weighted by molar-refractivity contribution is -0.145. The Hall–Kier alpha value is -3.19. The molecule has 2 aromatic carbocycles. The molecule has 7 nitrogen and oxygen atoms in total. The van der Waals surface area contributed by atoms with Crippen LogP contribution >= 0.6 is 0 Å². The van der Waals surface area contributed by atoms with Gasteiger partial charge in [0.25, 0.3) is 5.91 Å². The Morgan fingerprint density at radius 1 is 1.05 bits per heavy atom. The third kappa shape index (κ3) is 8.69. The number of hydrogen-bond donors (Lipinski definition) is 1. The standard InChI is InChI=1S/C31H41N3O4/c1-2-3-4-5-6-17-38-30(35)21-25-9-10-26-13-14-29(22-28(26)20-25)33-31(36)27-11-7-24(8-12-27)23-32-34-15-18-37-19-16-34/h7-8,11-14,22-23,25H,2-6,9-10,15-21H2,1H3,(H,33,36). The van der Waals surface area contributed by atoms with Gasteiger partial charge in [-0.3, -0.25) is 14.6 Å². The molecular formula is C31H41N3O4. The van der Waals surface area contributed by atoms with Crippen LogP contribution in [0.3, 0.4) is 0 Å². The van der Waals surface area contributed by atoms with Crippen LogP contribution in [0.4, 0.5) is 5.69 Å². The maximum atomic E-state index is 12.9. The molecule has 1 atom stereocenters. The molecule has 1 unspecified atom stereocenters. The Kier molecular flexibility index (Phi) is 10.7. The lowest BCUT2D eigenvalue weighted by atomic mass is 9.82. The van der Waals surface area contributed by atoms with Crippen molar-refractivity contribution in [2.24, 2.45) is 11.0 Å². The lowest BCUT2D eigenvalue weighted by Gasteiger charge is -2.24. The topological polar surface area (TPSA) is 80.2 Å². The number of nitrogens with zero attached hydrogens (tertiary/aromatic N) is 2. The highest BCUT2D eigenvalue weighted by atomic mass is 16.5. The summed E-state index contributed by atoms with van der Waals surface area (Å²) < 4.78 is 10.8. The molecule has 2 aromatic rings. The molecule has 0 saturated carbocycles. The van der Waals surface area contributed by atoms with Crippen molar-refractivity contribution in [1.29, 1.82) is 0 Å². The molecule has 1 aliphatic carbocycles. The van der Waals surface area contributed by atoms with Gasteiger partial charge in [-0.1, -0.05) is 50.8 Å². The van der Waals surface area contributed by atoms with E-state index in [0.29, 0.717) is 31.8 Å². The van der Waals surface area contributed by atoms with Crippen molar-refractivity contribution in [2.45, 2.75) is 64.7 Å². The number of rotatable bonds is 12. The van der Waals surface area contributed by atoms with E-state index in [0.717, 1.165) is 56.4 Å². The number of hydrogen-bond acceptors (Lipinski definition) is 6. The number of morpholine rings is 1. The first-order valence-electron chi connectivity index (χ1n) is 14.2. The molecule has 38 heavy (non-hydrogen) atoms. The number of unbranched alkanes of at least 4 members (excludes halogenated alkanes) is 4. The smallest absolute Gasteiger partial charge is 0.306 e. The molecule has 7 heteroatoms. The molecule has 0 bridgehead atoms. The largest absolute Gasteiger partial charge is 0.466 e. The van der Waals surface area contributed by atoms with Crippen LogP contribution < -0.4 is 5.32 Å². The molecule has 204 valence electrons. The monoisotopic (exact) mass is 519 g/mol. The fraction of sp³-hybridized carbons (Fsp3) is 0.516. The zero-order valence-corrected chi connectivity index (χ0v) is 22.6. The van der Waals surface area contributed by atoms with Gasteiger partial charge < -0.3 is 14.8 Å². The average Bonchev–Trinajstić information content (AvgIpc) is 2.94. The minimum absolute atomic E-state index is 0.0863. The van der Waals surface area contributed by atoms with Gasteiger partial charge in [-0.2, -0.15) is 5.10 Å². The Labute approximate surface area is 226 Å². The highest BCUT2D eigenvalue weighted by molar-refractivity contribution is 6.04. The third-order valence-electron chi connectivity index (χ3n) is 7.29. The summed E-state index contributed by atoms with van der Waals surface area (Å²) in [5.74, 6) is 0.0565. The summed E-state index contributed by atoms with van der Waals surface area (Å²) in [6.07, 6.45) is 10.8. The average molecular weight is 520 g/mol. The summed E-state index contributed by atoms with van der Waals surface area (Å²) in [4.78, 5) is 25.2. The van der Waals surface area contributed by atoms with Crippen LogP contribution in [0, 0.1) is 5.92 Å². The minimum atomic E-state index is -0.142. The van der Waals surface area contributed by atoms with Crippen molar-refractivity contribution < 1.29 is 19.1 Å². The molecule has 1 aliphatic heterocycles. The summed E-state index contributed by atoms with van der Waals surface area (Å²) in [5, 5.41) is 9.51. The summed E-state index contributed by atoms with van der Waals surface area (Å²) in [5.41, 5.74) is 4.83. The van der Waals surface area contributed by atoms with E-state index in [1.165, 1.54) is 30.4 Å². The van der Waals surface area contributed by atoms with E-state index in [-0.39, 0.29) is 17.8 Å². The number of carbonyl (C=O) groups is 2. The zero-order chi connectivity index (χ0) is 26.6. The number of hydrazone groups is 1. The highest BCUT2D eigenvalue weighted by Gasteiger charge is 2.22. The number of esters is 1. The van der Waals surface area contributed by atoms with Crippen LogP contribution in [0.15, 0.2) is 47.6 Å². The molecule has 0 spiro atoms. The number of benzene rings is 2. The number of nitrogens with one attached hydrogen (secondary N) is 1. The summed E-state index contributed by atoms with van der Waals surface area (Å²) in [7, 11) is 0. The number of aryl methyl sites for hydroxylation is 1. The molecule has 0 aromatic heterocycles. The van der Waals surface area contributed by atoms with Crippen LogP contribution in [0.5, 0.6) is 0 Å². The first-order valence-corrected chi connectivity index (χ1v) is 14.2. The van der Waals surface area contributed by atoms with E-state index in [1.54, 1.807) is 0 Å². The lowest BCUT2D eigenvalue weighted by Crippen LogP contribution is -2.32. The number of amides is 1. The van der Waals surface area contributed by atoms with Gasteiger partial charge >= 0.3 is 5.97 Å². The number of anilines is 1. The van der Waals surface area contributed by atoms with Crippen LogP contribution in [-0.2, 0) is 27.1 Å². The van der Waals surface area contributed by atoms with Crippen molar-refractivity contribution in [3.63, 3.8) is 0 Å². The molecular weight excluding hydrogens is 478 g/mol. The molecule has 2 aliphatic rings. The van der Waals surface area contributed by atoms with E-state index in [1.807, 2.05) is 41.6 Å². The number of carbonyl (C=O) groups excluding carboxylic acids is 2. The summed E-state index contributed by atoms with van der Waals surface area (Å²) in [6, 6.07) is 13.6. The van der Waals surface area contributed by atoms with Crippen LogP contribution in [0.2, 0.25) is 0 Å². The highest BCUT2D eigenvalue weighted by Crippen LogP contribution is 2.30. The van der Waals surface area contributed by atoms with Gasteiger partial charge in [-0.25, -0.2) is 0 Å². The zero-order valence-electron chi connectivity index (χ0n) is 22.6. The SMILES string of the molecule is CCCCCCCOC(=O)CC1CCc2ccc(NC(=O)c3ccc(C=NN4CCOCC4)cc3)cc2C1. The fourth-order valence-corrected chi connectivity index (χ4v) is 5.01. The Morgan fingerprint density at radius 3 is 2.63 bits per heavy atom. The Bertz CT molecular complexity index is 1080. The number of fused-ring (bicyclic) bond motifs is 1. The van der Waals surface area contributed by atoms with E-state index >= 15 is 0 Å². The molecule has 1 amide bonds. The summed E-state index contributed by atoms with van der Waals surface area (Å²) in [6.45, 7) is 5.72. The van der Waals surface area contributed by atoms with Crippen molar-refractivity contribution in [2.75, 3.05) is 38.2 Å². The maximum Gasteiger partial charge on any atom is 0.306 e. The quantitative estimate of drug-likeness (QED) is 0.224. The first kappa shape index (κ1) is 27.8. The van der Waals surface area contributed by atoms with Crippen LogP contribution in [-0.4, -0.2) is 56.0 Å². The second-order valence-corrected chi connectivity index (χ2v) is 10.3. The van der Waals surface area contributed by atoms with E-state index in [4.69, 9.17) is 9.47 Å². The van der Waals surface area contributed by atoms with E-state index in [2.05, 4.69) is 29.5 Å². The van der Waals surface area contributed by atoms with Gasteiger partial charge in [-0.05, 0) is 72.6 Å². The Morgan fingerprint density at radius 2 is 1.84 bits per heavy atom.